The number of nitrogens with two attached hydrogens (primary N) is 1. The topological polar surface area (TPSA) is 130 Å². The van der Waals surface area contributed by atoms with Crippen LogP contribution in [0.3, 0.4) is 0 Å². The second-order valence-corrected chi connectivity index (χ2v) is 6.69. The molecule has 10 heteroatoms. The van der Waals surface area contributed by atoms with Crippen LogP contribution in [0.4, 0.5) is 10.1 Å². The van der Waals surface area contributed by atoms with Gasteiger partial charge in [-0.2, -0.15) is 0 Å². The van der Waals surface area contributed by atoms with Gasteiger partial charge in [-0.3, -0.25) is 24.5 Å². The number of hydrogen-bond donors (Lipinski definition) is 1. The molecular weight excluding hydrogens is 395 g/mol. The maximum Gasteiger partial charge on any atom is 0.286 e. The van der Waals surface area contributed by atoms with Gasteiger partial charge in [0.1, 0.15) is 11.4 Å². The molecule has 2 heterocycles. The molecule has 0 fully saturated rings. The molecule has 0 aliphatic carbocycles. The van der Waals surface area contributed by atoms with Crippen molar-refractivity contribution in [2.24, 2.45) is 5.73 Å². The standard InChI is InChI=1S/C20H17FN4O5/c1-11-7-16(12(2)24(11)14-5-3-13(21)4-6-14)18(26)10-23-9-15(25(29)30)8-17(19(22)27)20(23)28/h3-9H,10H2,1-2H3,(H2,22,27). The molecule has 0 unspecified atom stereocenters. The summed E-state index contributed by atoms with van der Waals surface area (Å²) in [5.74, 6) is -2.01. The van der Waals surface area contributed by atoms with Gasteiger partial charge in [0, 0.05) is 28.7 Å². The van der Waals surface area contributed by atoms with Gasteiger partial charge in [0.25, 0.3) is 17.2 Å². The number of benzene rings is 1. The lowest BCUT2D eigenvalue weighted by atomic mass is 10.1. The minimum atomic E-state index is -1.13. The molecule has 1 amide bonds. The summed E-state index contributed by atoms with van der Waals surface area (Å²) in [6, 6.07) is 8.11. The van der Waals surface area contributed by atoms with Crippen molar-refractivity contribution >= 4 is 17.4 Å². The number of pyridine rings is 1. The zero-order valence-electron chi connectivity index (χ0n) is 16.1. The monoisotopic (exact) mass is 412 g/mol. The normalized spacial score (nSPS) is 10.8. The minimum absolute atomic E-state index is 0.288. The first-order valence-corrected chi connectivity index (χ1v) is 8.77. The van der Waals surface area contributed by atoms with Crippen molar-refractivity contribution in [2.45, 2.75) is 20.4 Å². The summed E-state index contributed by atoms with van der Waals surface area (Å²) in [6.45, 7) is 2.93. The second-order valence-electron chi connectivity index (χ2n) is 6.69. The minimum Gasteiger partial charge on any atom is -0.365 e. The van der Waals surface area contributed by atoms with Crippen LogP contribution in [0, 0.1) is 29.8 Å². The summed E-state index contributed by atoms with van der Waals surface area (Å²) in [5, 5.41) is 11.1. The van der Waals surface area contributed by atoms with Crippen LogP contribution >= 0.6 is 0 Å². The predicted octanol–water partition coefficient (Wildman–Crippen LogP) is 2.28. The second kappa shape index (κ2) is 7.74. The Kier molecular flexibility index (Phi) is 5.33. The molecule has 0 aliphatic rings. The first-order chi connectivity index (χ1) is 14.1. The number of rotatable bonds is 6. The van der Waals surface area contributed by atoms with Crippen LogP contribution in [-0.4, -0.2) is 25.7 Å². The number of carbonyl (C=O) groups is 2. The molecule has 0 atom stereocenters. The Labute approximate surface area is 169 Å². The van der Waals surface area contributed by atoms with Crippen molar-refractivity contribution in [3.63, 3.8) is 0 Å². The molecule has 0 radical (unpaired) electrons. The number of hydrogen-bond acceptors (Lipinski definition) is 5. The number of amides is 1. The fourth-order valence-corrected chi connectivity index (χ4v) is 3.29. The third kappa shape index (κ3) is 3.75. The van der Waals surface area contributed by atoms with E-state index in [0.29, 0.717) is 17.1 Å². The average molecular weight is 412 g/mol. The Bertz CT molecular complexity index is 1240. The number of carbonyl (C=O) groups excluding carboxylic acids is 2. The summed E-state index contributed by atoms with van der Waals surface area (Å²) in [7, 11) is 0. The van der Waals surface area contributed by atoms with Gasteiger partial charge in [-0.1, -0.05) is 0 Å². The quantitative estimate of drug-likeness (QED) is 0.377. The summed E-state index contributed by atoms with van der Waals surface area (Å²) in [5.41, 5.74) is 5.31. The number of Topliss-reactive ketones (excluding diaryl/α,β-unsaturated/α-hetero) is 1. The van der Waals surface area contributed by atoms with E-state index in [2.05, 4.69) is 0 Å². The molecule has 154 valence electrons. The fourth-order valence-electron chi connectivity index (χ4n) is 3.29. The lowest BCUT2D eigenvalue weighted by molar-refractivity contribution is -0.385. The SMILES string of the molecule is Cc1cc(C(=O)Cn2cc([N+](=O)[O-])cc(C(N)=O)c2=O)c(C)n1-c1ccc(F)cc1. The Balaban J connectivity index is 2.02. The van der Waals surface area contributed by atoms with Crippen molar-refractivity contribution in [1.82, 2.24) is 9.13 Å². The molecule has 0 saturated heterocycles. The van der Waals surface area contributed by atoms with E-state index in [4.69, 9.17) is 5.73 Å². The molecule has 0 spiro atoms. The highest BCUT2D eigenvalue weighted by atomic mass is 19.1. The fraction of sp³-hybridized carbons (Fsp3) is 0.150. The highest BCUT2D eigenvalue weighted by molar-refractivity contribution is 5.98. The predicted molar refractivity (Wildman–Crippen MR) is 105 cm³/mol. The lowest BCUT2D eigenvalue weighted by Gasteiger charge is -2.10. The van der Waals surface area contributed by atoms with Crippen LogP contribution in [0.15, 0.2) is 47.4 Å². The molecule has 1 aromatic carbocycles. The van der Waals surface area contributed by atoms with Crippen molar-refractivity contribution in [2.75, 3.05) is 0 Å². The first-order valence-electron chi connectivity index (χ1n) is 8.77. The molecule has 2 N–H and O–H groups in total. The van der Waals surface area contributed by atoms with Gasteiger partial charge in [-0.25, -0.2) is 4.39 Å². The lowest BCUT2D eigenvalue weighted by Crippen LogP contribution is -2.31. The first kappa shape index (κ1) is 20.6. The zero-order valence-corrected chi connectivity index (χ0v) is 16.1. The number of primary amides is 1. The van der Waals surface area contributed by atoms with Gasteiger partial charge in [-0.05, 0) is 44.2 Å². The number of halogens is 1. The van der Waals surface area contributed by atoms with E-state index in [-0.39, 0.29) is 5.56 Å². The third-order valence-electron chi connectivity index (χ3n) is 4.68. The van der Waals surface area contributed by atoms with Gasteiger partial charge >= 0.3 is 0 Å². The zero-order chi connectivity index (χ0) is 22.2. The van der Waals surface area contributed by atoms with E-state index in [1.807, 2.05) is 0 Å². The van der Waals surface area contributed by atoms with Crippen molar-refractivity contribution in [1.29, 1.82) is 0 Å². The molecule has 30 heavy (non-hydrogen) atoms. The van der Waals surface area contributed by atoms with Crippen LogP contribution in [0.2, 0.25) is 0 Å². The Morgan fingerprint density at radius 3 is 2.33 bits per heavy atom. The summed E-state index contributed by atoms with van der Waals surface area (Å²) in [4.78, 5) is 47.1. The molecule has 0 aliphatic heterocycles. The average Bonchev–Trinajstić information content (AvgIpc) is 2.98. The van der Waals surface area contributed by atoms with Gasteiger partial charge in [0.15, 0.2) is 5.78 Å². The van der Waals surface area contributed by atoms with Crippen molar-refractivity contribution < 1.29 is 18.9 Å². The van der Waals surface area contributed by atoms with Gasteiger partial charge in [-0.15, -0.1) is 0 Å². The summed E-state index contributed by atoms with van der Waals surface area (Å²) < 4.78 is 15.8. The molecule has 0 saturated carbocycles. The van der Waals surface area contributed by atoms with Gasteiger partial charge in [0.05, 0.1) is 17.7 Å². The van der Waals surface area contributed by atoms with Gasteiger partial charge in [0.2, 0.25) is 0 Å². The van der Waals surface area contributed by atoms with Crippen LogP contribution in [0.5, 0.6) is 0 Å². The van der Waals surface area contributed by atoms with Crippen molar-refractivity contribution in [3.05, 3.63) is 91.4 Å². The van der Waals surface area contributed by atoms with E-state index in [1.54, 1.807) is 36.6 Å². The summed E-state index contributed by atoms with van der Waals surface area (Å²) in [6.07, 6.45) is 0.895. The van der Waals surface area contributed by atoms with Crippen LogP contribution in [0.25, 0.3) is 5.69 Å². The van der Waals surface area contributed by atoms with E-state index < -0.39 is 45.8 Å². The Hall–Kier alpha value is -4.08. The number of aromatic nitrogens is 2. The molecule has 0 bridgehead atoms. The van der Waals surface area contributed by atoms with E-state index >= 15 is 0 Å². The Morgan fingerprint density at radius 1 is 1.13 bits per heavy atom. The smallest absolute Gasteiger partial charge is 0.286 e. The van der Waals surface area contributed by atoms with Crippen LogP contribution in [0.1, 0.15) is 32.1 Å². The number of nitro groups is 1. The molecule has 3 rings (SSSR count). The van der Waals surface area contributed by atoms with E-state index in [0.717, 1.165) is 16.8 Å². The molecular formula is C20H17FN4O5. The van der Waals surface area contributed by atoms with E-state index in [9.17, 15) is 28.9 Å². The number of aryl methyl sites for hydroxylation is 1. The van der Waals surface area contributed by atoms with Gasteiger partial charge < -0.3 is 14.9 Å². The third-order valence-corrected chi connectivity index (χ3v) is 4.68. The molecule has 2 aromatic heterocycles. The number of nitrogens with zero attached hydrogens (tertiary/aromatic N) is 3. The maximum absolute atomic E-state index is 13.2. The van der Waals surface area contributed by atoms with Crippen molar-refractivity contribution in [3.8, 4) is 5.69 Å². The van der Waals surface area contributed by atoms with Crippen LogP contribution < -0.4 is 11.3 Å². The highest BCUT2D eigenvalue weighted by Crippen LogP contribution is 2.22. The summed E-state index contributed by atoms with van der Waals surface area (Å²) >= 11 is 0. The van der Waals surface area contributed by atoms with Crippen LogP contribution in [-0.2, 0) is 6.54 Å². The maximum atomic E-state index is 13.2. The number of ketones is 1. The largest absolute Gasteiger partial charge is 0.365 e. The van der Waals surface area contributed by atoms with E-state index in [1.165, 1.54) is 12.1 Å². The molecule has 3 aromatic rings. The Morgan fingerprint density at radius 2 is 1.77 bits per heavy atom. The molecule has 9 nitrogen and oxygen atoms in total. The highest BCUT2D eigenvalue weighted by Gasteiger charge is 2.21.